The fraction of sp³-hybridized carbons (Fsp3) is 0.350. The monoisotopic (exact) mass is 384 g/mol. The first-order chi connectivity index (χ1) is 13.1. The number of imide groups is 1. The molecule has 4 rings (SSSR count). The average Bonchev–Trinajstić information content (AvgIpc) is 3.25. The van der Waals surface area contributed by atoms with E-state index in [2.05, 4.69) is 11.4 Å². The second-order valence-corrected chi connectivity index (χ2v) is 7.72. The number of benzene rings is 1. The van der Waals surface area contributed by atoms with E-state index < -0.39 is 0 Å². The van der Waals surface area contributed by atoms with E-state index in [1.165, 1.54) is 15.3 Å². The lowest BCUT2D eigenvalue weighted by molar-refractivity contribution is 0.0638. The summed E-state index contributed by atoms with van der Waals surface area (Å²) in [5.41, 5.74) is 2.33. The van der Waals surface area contributed by atoms with Crippen LogP contribution in [0.4, 0.5) is 0 Å². The van der Waals surface area contributed by atoms with Crippen molar-refractivity contribution in [2.45, 2.75) is 19.4 Å². The zero-order valence-corrected chi connectivity index (χ0v) is 15.9. The Hall–Kier alpha value is -2.51. The summed E-state index contributed by atoms with van der Waals surface area (Å²) >= 11 is 1.73. The minimum absolute atomic E-state index is 0.104. The van der Waals surface area contributed by atoms with Crippen molar-refractivity contribution in [3.8, 4) is 0 Å². The van der Waals surface area contributed by atoms with Crippen molar-refractivity contribution in [2.24, 2.45) is 0 Å². The highest BCUT2D eigenvalue weighted by atomic mass is 32.1. The highest BCUT2D eigenvalue weighted by molar-refractivity contribution is 7.10. The largest absolute Gasteiger partial charge is 0.385 e. The van der Waals surface area contributed by atoms with Gasteiger partial charge in [-0.2, -0.15) is 0 Å². The summed E-state index contributed by atoms with van der Waals surface area (Å²) in [6.07, 6.45) is 1.44. The third-order valence-electron chi connectivity index (χ3n) is 5.04. The molecule has 7 heteroatoms. The fourth-order valence-electron chi connectivity index (χ4n) is 3.60. The van der Waals surface area contributed by atoms with Gasteiger partial charge in [-0.1, -0.05) is 0 Å². The summed E-state index contributed by atoms with van der Waals surface area (Å²) in [4.78, 5) is 42.4. The summed E-state index contributed by atoms with van der Waals surface area (Å²) in [7, 11) is 1.58. The number of carbonyl (C=O) groups excluding carboxylic acids is 3. The molecule has 27 heavy (non-hydrogen) atoms. The van der Waals surface area contributed by atoms with E-state index in [0.29, 0.717) is 49.4 Å². The molecular formula is C20H20N2O4S. The third kappa shape index (κ3) is 3.17. The molecule has 0 saturated heterocycles. The molecule has 1 aromatic carbocycles. The van der Waals surface area contributed by atoms with Crippen LogP contribution in [-0.4, -0.2) is 54.3 Å². The lowest BCUT2D eigenvalue weighted by Crippen LogP contribution is -2.35. The molecule has 0 saturated carbocycles. The molecule has 0 radical (unpaired) electrons. The molecule has 0 N–H and O–H groups in total. The number of rotatable bonds is 5. The standard InChI is InChI=1S/C20H20N2O4S/c1-26-9-2-7-22-19(24)15-4-3-13(11-16(15)20(22)25)18(23)21-8-5-17-14(12-21)6-10-27-17/h3-4,6,10-11H,2,5,7-9,12H2,1H3. The number of hydrogen-bond donors (Lipinski definition) is 0. The minimum Gasteiger partial charge on any atom is -0.385 e. The van der Waals surface area contributed by atoms with E-state index in [1.54, 1.807) is 41.5 Å². The van der Waals surface area contributed by atoms with Gasteiger partial charge in [0.1, 0.15) is 0 Å². The molecule has 2 aliphatic rings. The average molecular weight is 384 g/mol. The second-order valence-electron chi connectivity index (χ2n) is 6.71. The van der Waals surface area contributed by atoms with Crippen LogP contribution in [0.5, 0.6) is 0 Å². The van der Waals surface area contributed by atoms with E-state index in [-0.39, 0.29) is 17.7 Å². The Bertz CT molecular complexity index is 920. The molecule has 6 nitrogen and oxygen atoms in total. The van der Waals surface area contributed by atoms with E-state index in [0.717, 1.165) is 6.42 Å². The molecule has 0 aliphatic carbocycles. The molecule has 3 amide bonds. The van der Waals surface area contributed by atoms with Gasteiger partial charge in [0.05, 0.1) is 11.1 Å². The minimum atomic E-state index is -0.334. The quantitative estimate of drug-likeness (QED) is 0.587. The first-order valence-corrected chi connectivity index (χ1v) is 9.82. The summed E-state index contributed by atoms with van der Waals surface area (Å²) in [5.74, 6) is -0.738. The fourth-order valence-corrected chi connectivity index (χ4v) is 4.49. The van der Waals surface area contributed by atoms with Gasteiger partial charge < -0.3 is 9.64 Å². The van der Waals surface area contributed by atoms with Gasteiger partial charge in [-0.25, -0.2) is 0 Å². The highest BCUT2D eigenvalue weighted by Gasteiger charge is 2.36. The van der Waals surface area contributed by atoms with Crippen LogP contribution < -0.4 is 0 Å². The lowest BCUT2D eigenvalue weighted by atomic mass is 10.0. The first kappa shape index (κ1) is 17.9. The number of carbonyl (C=O) groups is 3. The number of nitrogens with zero attached hydrogens (tertiary/aromatic N) is 2. The molecule has 0 atom stereocenters. The van der Waals surface area contributed by atoms with Crippen molar-refractivity contribution < 1.29 is 19.1 Å². The SMILES string of the molecule is COCCCN1C(=O)c2ccc(C(=O)N3CCc4sccc4C3)cc2C1=O. The molecule has 0 fully saturated rings. The van der Waals surface area contributed by atoms with Crippen LogP contribution in [0.3, 0.4) is 0 Å². The van der Waals surface area contributed by atoms with Crippen LogP contribution in [-0.2, 0) is 17.7 Å². The Balaban J connectivity index is 1.53. The van der Waals surface area contributed by atoms with Gasteiger partial charge in [-0.05, 0) is 48.1 Å². The maximum Gasteiger partial charge on any atom is 0.261 e. The molecule has 0 spiro atoms. The van der Waals surface area contributed by atoms with E-state index in [9.17, 15) is 14.4 Å². The Morgan fingerprint density at radius 3 is 2.81 bits per heavy atom. The van der Waals surface area contributed by atoms with Crippen molar-refractivity contribution >= 4 is 29.1 Å². The van der Waals surface area contributed by atoms with Crippen LogP contribution in [0.1, 0.15) is 47.9 Å². The van der Waals surface area contributed by atoms with Gasteiger partial charge in [-0.3, -0.25) is 19.3 Å². The van der Waals surface area contributed by atoms with Gasteiger partial charge in [0, 0.05) is 43.8 Å². The lowest BCUT2D eigenvalue weighted by Gasteiger charge is -2.27. The van der Waals surface area contributed by atoms with Gasteiger partial charge in [0.15, 0.2) is 0 Å². The van der Waals surface area contributed by atoms with Crippen LogP contribution in [0.25, 0.3) is 0 Å². The number of ether oxygens (including phenoxy) is 1. The van der Waals surface area contributed by atoms with Crippen molar-refractivity contribution in [1.82, 2.24) is 9.80 Å². The Labute approximate surface area is 161 Å². The number of amides is 3. The van der Waals surface area contributed by atoms with Crippen molar-refractivity contribution in [3.63, 3.8) is 0 Å². The Morgan fingerprint density at radius 2 is 2.00 bits per heavy atom. The van der Waals surface area contributed by atoms with E-state index >= 15 is 0 Å². The van der Waals surface area contributed by atoms with Gasteiger partial charge in [0.2, 0.25) is 0 Å². The molecule has 0 bridgehead atoms. The summed E-state index contributed by atoms with van der Waals surface area (Å²) in [5, 5.41) is 2.05. The molecule has 0 unspecified atom stereocenters. The summed E-state index contributed by atoms with van der Waals surface area (Å²) in [6.45, 7) is 2.05. The van der Waals surface area contributed by atoms with Crippen LogP contribution in [0.15, 0.2) is 29.6 Å². The normalized spacial score (nSPS) is 15.9. The summed E-state index contributed by atoms with van der Waals surface area (Å²) < 4.78 is 4.99. The van der Waals surface area contributed by atoms with Crippen molar-refractivity contribution in [2.75, 3.05) is 26.8 Å². The van der Waals surface area contributed by atoms with Crippen molar-refractivity contribution in [3.05, 3.63) is 56.8 Å². The molecule has 140 valence electrons. The maximum absolute atomic E-state index is 12.9. The number of fused-ring (bicyclic) bond motifs is 2. The molecule has 1 aromatic heterocycles. The van der Waals surface area contributed by atoms with Crippen molar-refractivity contribution in [1.29, 1.82) is 0 Å². The maximum atomic E-state index is 12.9. The molecule has 3 heterocycles. The second kappa shape index (κ2) is 7.25. The molecule has 2 aromatic rings. The first-order valence-electron chi connectivity index (χ1n) is 8.94. The highest BCUT2D eigenvalue weighted by Crippen LogP contribution is 2.27. The number of thiophene rings is 1. The van der Waals surface area contributed by atoms with Gasteiger partial charge >= 0.3 is 0 Å². The van der Waals surface area contributed by atoms with Crippen LogP contribution >= 0.6 is 11.3 Å². The smallest absolute Gasteiger partial charge is 0.261 e. The topological polar surface area (TPSA) is 66.9 Å². The Kier molecular flexibility index (Phi) is 4.80. The summed E-state index contributed by atoms with van der Waals surface area (Å²) in [6, 6.07) is 6.87. The van der Waals surface area contributed by atoms with Gasteiger partial charge in [0.25, 0.3) is 17.7 Å². The predicted octanol–water partition coefficient (Wildman–Crippen LogP) is 2.58. The molecule has 2 aliphatic heterocycles. The van der Waals surface area contributed by atoms with E-state index in [4.69, 9.17) is 4.74 Å². The molecular weight excluding hydrogens is 364 g/mol. The zero-order chi connectivity index (χ0) is 19.0. The predicted molar refractivity (Wildman–Crippen MR) is 101 cm³/mol. The zero-order valence-electron chi connectivity index (χ0n) is 15.1. The van der Waals surface area contributed by atoms with Gasteiger partial charge in [-0.15, -0.1) is 11.3 Å². The van der Waals surface area contributed by atoms with Crippen LogP contribution in [0, 0.1) is 0 Å². The number of methoxy groups -OCH3 is 1. The van der Waals surface area contributed by atoms with Crippen LogP contribution in [0.2, 0.25) is 0 Å². The Morgan fingerprint density at radius 1 is 1.19 bits per heavy atom. The number of hydrogen-bond acceptors (Lipinski definition) is 5. The van der Waals surface area contributed by atoms with E-state index in [1.807, 2.05) is 0 Å². The third-order valence-corrected chi connectivity index (χ3v) is 6.07.